The van der Waals surface area contributed by atoms with Crippen LogP contribution in [-0.2, 0) is 9.84 Å². The zero-order chi connectivity index (χ0) is 11.8. The lowest BCUT2D eigenvalue weighted by atomic mass is 10.2. The van der Waals surface area contributed by atoms with Gasteiger partial charge in [-0.25, -0.2) is 13.4 Å². The van der Waals surface area contributed by atoms with Crippen LogP contribution in [0.25, 0.3) is 10.6 Å². The van der Waals surface area contributed by atoms with Gasteiger partial charge in [0, 0.05) is 11.8 Å². The van der Waals surface area contributed by atoms with Crippen molar-refractivity contribution in [1.29, 1.82) is 0 Å². The third kappa shape index (κ3) is 2.28. The molecule has 2 aromatic rings. The summed E-state index contributed by atoms with van der Waals surface area (Å²) in [5, 5.41) is 0.522. The number of rotatable bonds is 2. The summed E-state index contributed by atoms with van der Waals surface area (Å²) in [5.74, 6) is 0. The van der Waals surface area contributed by atoms with Crippen molar-refractivity contribution in [1.82, 2.24) is 9.36 Å². The molecule has 0 amide bonds. The van der Waals surface area contributed by atoms with E-state index in [1.807, 2.05) is 31.2 Å². The number of aryl methyl sites for hydroxylation is 1. The van der Waals surface area contributed by atoms with Crippen LogP contribution in [0.15, 0.2) is 29.4 Å². The number of nitrogens with zero attached hydrogens (tertiary/aromatic N) is 2. The molecule has 6 heteroatoms. The Balaban J connectivity index is 2.43. The van der Waals surface area contributed by atoms with Gasteiger partial charge in [-0.2, -0.15) is 4.37 Å². The van der Waals surface area contributed by atoms with E-state index in [0.717, 1.165) is 28.9 Å². The van der Waals surface area contributed by atoms with Gasteiger partial charge in [0.25, 0.3) is 5.16 Å². The zero-order valence-electron chi connectivity index (χ0n) is 8.84. The Morgan fingerprint density at radius 2 is 1.81 bits per heavy atom. The summed E-state index contributed by atoms with van der Waals surface area (Å²) in [6.07, 6.45) is 1.11. The summed E-state index contributed by atoms with van der Waals surface area (Å²) in [6, 6.07) is 7.72. The molecule has 0 unspecified atom stereocenters. The van der Waals surface area contributed by atoms with E-state index in [2.05, 4.69) is 9.36 Å². The van der Waals surface area contributed by atoms with Crippen molar-refractivity contribution in [3.8, 4) is 10.6 Å². The quantitative estimate of drug-likeness (QED) is 0.821. The van der Waals surface area contributed by atoms with Crippen LogP contribution in [0.1, 0.15) is 5.56 Å². The van der Waals surface area contributed by atoms with Crippen molar-refractivity contribution < 1.29 is 8.42 Å². The van der Waals surface area contributed by atoms with Crippen molar-refractivity contribution in [2.45, 2.75) is 12.1 Å². The summed E-state index contributed by atoms with van der Waals surface area (Å²) < 4.78 is 26.3. The molecule has 0 saturated carbocycles. The first-order chi connectivity index (χ1) is 7.47. The highest BCUT2D eigenvalue weighted by atomic mass is 32.2. The summed E-state index contributed by atoms with van der Waals surface area (Å²) in [5.41, 5.74) is 2.04. The Morgan fingerprint density at radius 3 is 2.31 bits per heavy atom. The van der Waals surface area contributed by atoms with Crippen molar-refractivity contribution in [3.05, 3.63) is 29.8 Å². The Kier molecular flexibility index (Phi) is 2.77. The van der Waals surface area contributed by atoms with E-state index in [1.54, 1.807) is 0 Å². The first kappa shape index (κ1) is 11.2. The molecule has 16 heavy (non-hydrogen) atoms. The molecule has 0 aliphatic carbocycles. The largest absolute Gasteiger partial charge is 0.259 e. The maximum Gasteiger partial charge on any atom is 0.259 e. The lowest BCUT2D eigenvalue weighted by Crippen LogP contribution is -1.98. The molecule has 0 N–H and O–H groups in total. The Hall–Kier alpha value is -1.27. The van der Waals surface area contributed by atoms with Gasteiger partial charge in [-0.15, -0.1) is 0 Å². The molecular weight excluding hydrogens is 244 g/mol. The van der Waals surface area contributed by atoms with E-state index in [9.17, 15) is 8.42 Å². The Labute approximate surface area is 98.1 Å². The number of aromatic nitrogens is 2. The van der Waals surface area contributed by atoms with Gasteiger partial charge in [0.1, 0.15) is 5.01 Å². The molecule has 0 saturated heterocycles. The molecule has 2 rings (SSSR count). The average Bonchev–Trinajstić information content (AvgIpc) is 2.67. The predicted octanol–water partition coefficient (Wildman–Crippen LogP) is 1.92. The van der Waals surface area contributed by atoms with Crippen LogP contribution in [0.4, 0.5) is 0 Å². The lowest BCUT2D eigenvalue weighted by Gasteiger charge is -1.95. The molecule has 0 aliphatic heterocycles. The standard InChI is InChI=1S/C10H10N2O2S2/c1-7-3-5-8(6-4-7)9-11-10(12-15-9)16(2,13)14/h3-6H,1-2H3. The van der Waals surface area contributed by atoms with E-state index >= 15 is 0 Å². The van der Waals surface area contributed by atoms with Crippen LogP contribution in [0, 0.1) is 6.92 Å². The minimum Gasteiger partial charge on any atom is -0.221 e. The van der Waals surface area contributed by atoms with Crippen molar-refractivity contribution in [3.63, 3.8) is 0 Å². The van der Waals surface area contributed by atoms with E-state index < -0.39 is 9.84 Å². The third-order valence-electron chi connectivity index (χ3n) is 2.04. The van der Waals surface area contributed by atoms with Crippen LogP contribution in [0.2, 0.25) is 0 Å². The zero-order valence-corrected chi connectivity index (χ0v) is 10.5. The normalized spacial score (nSPS) is 11.6. The predicted molar refractivity (Wildman–Crippen MR) is 63.2 cm³/mol. The molecule has 0 atom stereocenters. The van der Waals surface area contributed by atoms with E-state index in [0.29, 0.717) is 5.01 Å². The Bertz CT molecular complexity index is 600. The second kappa shape index (κ2) is 3.95. The molecule has 0 radical (unpaired) electrons. The monoisotopic (exact) mass is 254 g/mol. The maximum absolute atomic E-state index is 11.2. The average molecular weight is 254 g/mol. The first-order valence-corrected chi connectivity index (χ1v) is 7.24. The SMILES string of the molecule is Cc1ccc(-c2nc(S(C)(=O)=O)ns2)cc1. The topological polar surface area (TPSA) is 59.9 Å². The number of hydrogen-bond acceptors (Lipinski definition) is 5. The third-order valence-corrected chi connectivity index (χ3v) is 3.76. The van der Waals surface area contributed by atoms with Crippen LogP contribution in [0.5, 0.6) is 0 Å². The van der Waals surface area contributed by atoms with Gasteiger partial charge in [-0.1, -0.05) is 29.8 Å². The molecule has 1 aromatic heterocycles. The summed E-state index contributed by atoms with van der Waals surface area (Å²) >= 11 is 1.10. The van der Waals surface area contributed by atoms with E-state index in [-0.39, 0.29) is 5.16 Å². The van der Waals surface area contributed by atoms with E-state index in [4.69, 9.17) is 0 Å². The molecule has 0 aliphatic rings. The van der Waals surface area contributed by atoms with Gasteiger partial charge < -0.3 is 0 Å². The highest BCUT2D eigenvalue weighted by molar-refractivity contribution is 7.90. The number of hydrogen-bond donors (Lipinski definition) is 0. The van der Waals surface area contributed by atoms with Crippen LogP contribution < -0.4 is 0 Å². The maximum atomic E-state index is 11.2. The van der Waals surface area contributed by atoms with Gasteiger partial charge in [0.05, 0.1) is 0 Å². The molecule has 84 valence electrons. The van der Waals surface area contributed by atoms with Gasteiger partial charge in [0.15, 0.2) is 0 Å². The second-order valence-electron chi connectivity index (χ2n) is 3.52. The fourth-order valence-electron chi connectivity index (χ4n) is 1.17. The smallest absolute Gasteiger partial charge is 0.221 e. The van der Waals surface area contributed by atoms with Crippen LogP contribution in [0.3, 0.4) is 0 Å². The van der Waals surface area contributed by atoms with Gasteiger partial charge in [-0.05, 0) is 18.5 Å². The minimum atomic E-state index is -3.31. The summed E-state index contributed by atoms with van der Waals surface area (Å²) in [4.78, 5) is 4.00. The number of benzene rings is 1. The molecule has 0 fully saturated rings. The fraction of sp³-hybridized carbons (Fsp3) is 0.200. The number of sulfone groups is 1. The fourth-order valence-corrected chi connectivity index (χ4v) is 2.72. The van der Waals surface area contributed by atoms with Crippen molar-refractivity contribution in [2.75, 3.05) is 6.26 Å². The highest BCUT2D eigenvalue weighted by Gasteiger charge is 2.14. The molecule has 1 aromatic carbocycles. The van der Waals surface area contributed by atoms with Crippen LogP contribution in [-0.4, -0.2) is 24.0 Å². The molecular formula is C10H10N2O2S2. The summed E-state index contributed by atoms with van der Waals surface area (Å²) in [7, 11) is -3.31. The van der Waals surface area contributed by atoms with Gasteiger partial charge in [-0.3, -0.25) is 0 Å². The molecule has 1 heterocycles. The summed E-state index contributed by atoms with van der Waals surface area (Å²) in [6.45, 7) is 1.99. The first-order valence-electron chi connectivity index (χ1n) is 4.57. The highest BCUT2D eigenvalue weighted by Crippen LogP contribution is 2.22. The molecule has 4 nitrogen and oxygen atoms in total. The van der Waals surface area contributed by atoms with Crippen molar-refractivity contribution >= 4 is 21.4 Å². The van der Waals surface area contributed by atoms with Crippen LogP contribution >= 0.6 is 11.5 Å². The Morgan fingerprint density at radius 1 is 1.19 bits per heavy atom. The molecule has 0 bridgehead atoms. The second-order valence-corrected chi connectivity index (χ2v) is 6.18. The lowest BCUT2D eigenvalue weighted by molar-refractivity contribution is 0.595. The van der Waals surface area contributed by atoms with Crippen molar-refractivity contribution in [2.24, 2.45) is 0 Å². The minimum absolute atomic E-state index is 0.104. The van der Waals surface area contributed by atoms with E-state index in [1.165, 1.54) is 0 Å². The van der Waals surface area contributed by atoms with Gasteiger partial charge >= 0.3 is 0 Å². The van der Waals surface area contributed by atoms with Gasteiger partial charge in [0.2, 0.25) is 9.84 Å². The molecule has 0 spiro atoms.